The van der Waals surface area contributed by atoms with Gasteiger partial charge in [-0.05, 0) is 87.4 Å². The van der Waals surface area contributed by atoms with Gasteiger partial charge in [-0.3, -0.25) is 13.9 Å². The van der Waals surface area contributed by atoms with Crippen LogP contribution < -0.4 is 23.8 Å². The van der Waals surface area contributed by atoms with Crippen molar-refractivity contribution in [3.05, 3.63) is 113 Å². The van der Waals surface area contributed by atoms with E-state index >= 15 is 0 Å². The van der Waals surface area contributed by atoms with Gasteiger partial charge in [-0.15, -0.1) is 0 Å². The number of benzene rings is 4. The van der Waals surface area contributed by atoms with Crippen LogP contribution in [-0.2, 0) is 32.6 Å². The van der Waals surface area contributed by atoms with Gasteiger partial charge < -0.3 is 24.4 Å². The van der Waals surface area contributed by atoms with Crippen molar-refractivity contribution in [3.63, 3.8) is 0 Å². The molecule has 0 heterocycles. The van der Waals surface area contributed by atoms with E-state index in [2.05, 4.69) is 21.2 Å². The molecule has 50 heavy (non-hydrogen) atoms. The molecule has 0 spiro atoms. The van der Waals surface area contributed by atoms with Crippen LogP contribution in [0.2, 0.25) is 0 Å². The third-order valence-corrected chi connectivity index (χ3v) is 9.93. The summed E-state index contributed by atoms with van der Waals surface area (Å²) in [6.45, 7) is 7.32. The largest absolute Gasteiger partial charge is 0.494 e. The van der Waals surface area contributed by atoms with Gasteiger partial charge in [0.05, 0.1) is 31.4 Å². The molecular formula is C38H44BrN3O7S. The normalized spacial score (nSPS) is 12.1. The zero-order chi connectivity index (χ0) is 36.5. The first kappa shape index (κ1) is 38.3. The highest BCUT2D eigenvalue weighted by atomic mass is 79.9. The molecule has 1 atom stereocenters. The van der Waals surface area contributed by atoms with Gasteiger partial charge >= 0.3 is 0 Å². The first-order valence-corrected chi connectivity index (χ1v) is 18.4. The fraction of sp³-hybridized carbons (Fsp3) is 0.316. The van der Waals surface area contributed by atoms with E-state index in [4.69, 9.17) is 14.2 Å². The average Bonchev–Trinajstić information content (AvgIpc) is 3.08. The van der Waals surface area contributed by atoms with Crippen LogP contribution in [0.3, 0.4) is 0 Å². The number of nitrogens with zero attached hydrogens (tertiary/aromatic N) is 2. The maximum atomic E-state index is 14.7. The predicted molar refractivity (Wildman–Crippen MR) is 198 cm³/mol. The minimum atomic E-state index is -4.38. The Labute approximate surface area is 303 Å². The second-order valence-corrected chi connectivity index (χ2v) is 15.3. The van der Waals surface area contributed by atoms with Gasteiger partial charge in [0.1, 0.15) is 18.3 Å². The first-order chi connectivity index (χ1) is 23.7. The van der Waals surface area contributed by atoms with Crippen molar-refractivity contribution >= 4 is 43.5 Å². The van der Waals surface area contributed by atoms with Crippen molar-refractivity contribution in [2.24, 2.45) is 0 Å². The molecule has 2 amide bonds. The van der Waals surface area contributed by atoms with E-state index < -0.39 is 34.1 Å². The number of carbonyl (C=O) groups is 2. The van der Waals surface area contributed by atoms with E-state index in [-0.39, 0.29) is 35.2 Å². The van der Waals surface area contributed by atoms with Crippen LogP contribution in [0.1, 0.15) is 38.8 Å². The molecule has 4 aromatic carbocycles. The third kappa shape index (κ3) is 10.0. The number of hydrogen-bond acceptors (Lipinski definition) is 7. The topological polar surface area (TPSA) is 114 Å². The molecule has 4 rings (SSSR count). The van der Waals surface area contributed by atoms with Crippen molar-refractivity contribution < 1.29 is 32.2 Å². The van der Waals surface area contributed by atoms with Gasteiger partial charge in [-0.2, -0.15) is 0 Å². The van der Waals surface area contributed by atoms with E-state index in [1.165, 1.54) is 37.3 Å². The summed E-state index contributed by atoms with van der Waals surface area (Å²) in [7, 11) is -1.51. The summed E-state index contributed by atoms with van der Waals surface area (Å²) in [4.78, 5) is 30.2. The van der Waals surface area contributed by atoms with Crippen molar-refractivity contribution in [2.45, 2.75) is 57.1 Å². The Kier molecular flexibility index (Phi) is 12.9. The number of nitrogens with one attached hydrogen (secondary N) is 1. The molecular weight excluding hydrogens is 722 g/mol. The van der Waals surface area contributed by atoms with Crippen LogP contribution in [0.25, 0.3) is 0 Å². The molecule has 0 bridgehead atoms. The fourth-order valence-corrected chi connectivity index (χ4v) is 7.22. The number of sulfonamides is 1. The van der Waals surface area contributed by atoms with Crippen molar-refractivity contribution in [3.8, 4) is 17.2 Å². The van der Waals surface area contributed by atoms with Gasteiger partial charge in [0.2, 0.25) is 11.8 Å². The second kappa shape index (κ2) is 16.9. The summed E-state index contributed by atoms with van der Waals surface area (Å²) in [5, 5.41) is 3.04. The van der Waals surface area contributed by atoms with E-state index in [0.29, 0.717) is 18.1 Å². The van der Waals surface area contributed by atoms with Gasteiger partial charge in [0.25, 0.3) is 10.0 Å². The number of ether oxygens (including phenoxy) is 3. The van der Waals surface area contributed by atoms with Gasteiger partial charge in [-0.1, -0.05) is 58.4 Å². The van der Waals surface area contributed by atoms with Crippen LogP contribution in [-0.4, -0.2) is 64.1 Å². The van der Waals surface area contributed by atoms with Crippen LogP contribution in [0.15, 0.2) is 106 Å². The van der Waals surface area contributed by atoms with Crippen LogP contribution >= 0.6 is 15.9 Å². The lowest BCUT2D eigenvalue weighted by Gasteiger charge is -2.35. The zero-order valence-corrected chi connectivity index (χ0v) is 31.6. The van der Waals surface area contributed by atoms with E-state index in [1.54, 1.807) is 24.3 Å². The van der Waals surface area contributed by atoms with E-state index in [0.717, 1.165) is 19.9 Å². The van der Waals surface area contributed by atoms with E-state index in [1.807, 2.05) is 82.3 Å². The highest BCUT2D eigenvalue weighted by molar-refractivity contribution is 9.10. The molecule has 0 aliphatic heterocycles. The maximum Gasteiger partial charge on any atom is 0.264 e. The number of hydrogen-bond donors (Lipinski definition) is 1. The molecule has 0 saturated carbocycles. The van der Waals surface area contributed by atoms with Crippen LogP contribution in [0, 0.1) is 0 Å². The number of rotatable bonds is 15. The van der Waals surface area contributed by atoms with Gasteiger partial charge in [0.15, 0.2) is 11.5 Å². The molecule has 266 valence electrons. The lowest BCUT2D eigenvalue weighted by atomic mass is 10.0. The summed E-state index contributed by atoms with van der Waals surface area (Å²) < 4.78 is 47.2. The summed E-state index contributed by atoms with van der Waals surface area (Å²) >= 11 is 3.51. The molecule has 0 aromatic heterocycles. The Morgan fingerprint density at radius 2 is 1.50 bits per heavy atom. The van der Waals surface area contributed by atoms with E-state index in [9.17, 15) is 18.0 Å². The van der Waals surface area contributed by atoms with Crippen molar-refractivity contribution in [2.75, 3.05) is 31.7 Å². The van der Waals surface area contributed by atoms with Crippen LogP contribution in [0.4, 0.5) is 5.69 Å². The molecule has 10 nitrogen and oxygen atoms in total. The fourth-order valence-electron chi connectivity index (χ4n) is 5.35. The SMILES string of the molecule is CCOc1ccc(N(CC(=O)N(Cc2cccc(Br)c2)[C@@H](Cc2ccccc2)C(=O)NC(C)(C)C)S(=O)(=O)c2ccc(OC)c(OC)c2)cc1. The summed E-state index contributed by atoms with van der Waals surface area (Å²) in [6.07, 6.45) is 0.202. The number of carbonyl (C=O) groups excluding carboxylic acids is 2. The number of methoxy groups -OCH3 is 2. The number of amides is 2. The van der Waals surface area contributed by atoms with Crippen molar-refractivity contribution in [1.29, 1.82) is 0 Å². The maximum absolute atomic E-state index is 14.7. The Balaban J connectivity index is 1.85. The first-order valence-electron chi connectivity index (χ1n) is 16.1. The standard InChI is InChI=1S/C38H44BrN3O7S/c1-7-49-31-18-16-30(17-19-31)42(50(45,46)32-20-21-34(47-5)35(24-32)48-6)26-36(43)41(25-28-14-11-15-29(39)22-28)33(37(44)40-38(2,3)4)23-27-12-9-8-10-13-27/h8-22,24,33H,7,23,25-26H2,1-6H3,(H,40,44)/t33-/m0/s1. The van der Waals surface area contributed by atoms with Crippen molar-refractivity contribution in [1.82, 2.24) is 10.2 Å². The molecule has 0 aliphatic carbocycles. The van der Waals surface area contributed by atoms with Gasteiger partial charge in [-0.25, -0.2) is 8.42 Å². The molecule has 4 aromatic rings. The van der Waals surface area contributed by atoms with Gasteiger partial charge in [0, 0.05) is 29.0 Å². The molecule has 1 N–H and O–H groups in total. The molecule has 0 radical (unpaired) electrons. The molecule has 12 heteroatoms. The summed E-state index contributed by atoms with van der Waals surface area (Å²) in [6, 6.07) is 26.6. The molecule has 0 unspecified atom stereocenters. The highest BCUT2D eigenvalue weighted by Crippen LogP contribution is 2.33. The Morgan fingerprint density at radius 3 is 2.10 bits per heavy atom. The zero-order valence-electron chi connectivity index (χ0n) is 29.2. The lowest BCUT2D eigenvalue weighted by molar-refractivity contribution is -0.140. The molecule has 0 aliphatic rings. The Bertz CT molecular complexity index is 1860. The lowest BCUT2D eigenvalue weighted by Crippen LogP contribution is -2.56. The highest BCUT2D eigenvalue weighted by Gasteiger charge is 2.36. The minimum Gasteiger partial charge on any atom is -0.494 e. The molecule has 0 saturated heterocycles. The monoisotopic (exact) mass is 765 g/mol. The number of halogens is 1. The minimum absolute atomic E-state index is 0.0425. The number of anilines is 1. The summed E-state index contributed by atoms with van der Waals surface area (Å²) in [5.41, 5.74) is 1.24. The quantitative estimate of drug-likeness (QED) is 0.145. The Morgan fingerprint density at radius 1 is 0.840 bits per heavy atom. The summed E-state index contributed by atoms with van der Waals surface area (Å²) in [5.74, 6) is 0.172. The average molecular weight is 767 g/mol. The predicted octanol–water partition coefficient (Wildman–Crippen LogP) is 6.62. The second-order valence-electron chi connectivity index (χ2n) is 12.6. The molecule has 0 fully saturated rings. The Hall–Kier alpha value is -4.55. The smallest absolute Gasteiger partial charge is 0.264 e. The van der Waals surface area contributed by atoms with Crippen LogP contribution in [0.5, 0.6) is 17.2 Å². The third-order valence-electron chi connectivity index (χ3n) is 7.67.